The molecule has 7 heteroatoms. The molecule has 0 aliphatic heterocycles. The molecule has 0 amide bonds. The highest BCUT2D eigenvalue weighted by molar-refractivity contribution is 5.90. The molecular weight excluding hydrogens is 247 g/mol. The monoisotopic (exact) mass is 263 g/mol. The molecule has 0 aromatic carbocycles. The lowest BCUT2D eigenvalue weighted by atomic mass is 9.94. The van der Waals surface area contributed by atoms with Crippen LogP contribution in [0.3, 0.4) is 0 Å². The number of rotatable bonds is 5. The number of hydrogen-bond acceptors (Lipinski definition) is 3. The molecule has 18 heavy (non-hydrogen) atoms. The standard InChI is InChI=1S/C11H16F3N3O/c1-3-5-17-6-4-16-9(17)7-8(18)10(2,15)11(12,13)14/h4,6H,3,5,7,15H2,1-2H3. The maximum Gasteiger partial charge on any atom is 0.413 e. The highest BCUT2D eigenvalue weighted by Crippen LogP contribution is 2.29. The highest BCUT2D eigenvalue weighted by atomic mass is 19.4. The molecule has 1 heterocycles. The van der Waals surface area contributed by atoms with E-state index in [9.17, 15) is 18.0 Å². The van der Waals surface area contributed by atoms with Crippen LogP contribution in [0.25, 0.3) is 0 Å². The lowest BCUT2D eigenvalue weighted by molar-refractivity contribution is -0.185. The third-order valence-electron chi connectivity index (χ3n) is 2.75. The zero-order valence-electron chi connectivity index (χ0n) is 10.3. The summed E-state index contributed by atoms with van der Waals surface area (Å²) in [5, 5.41) is 0. The largest absolute Gasteiger partial charge is 0.413 e. The zero-order valence-corrected chi connectivity index (χ0v) is 10.3. The van der Waals surface area contributed by atoms with E-state index in [-0.39, 0.29) is 0 Å². The van der Waals surface area contributed by atoms with Gasteiger partial charge in [0.05, 0.1) is 6.42 Å². The van der Waals surface area contributed by atoms with Gasteiger partial charge in [0.2, 0.25) is 0 Å². The van der Waals surface area contributed by atoms with Crippen LogP contribution in [0.15, 0.2) is 12.4 Å². The van der Waals surface area contributed by atoms with E-state index in [1.807, 2.05) is 6.92 Å². The van der Waals surface area contributed by atoms with E-state index in [4.69, 9.17) is 5.73 Å². The van der Waals surface area contributed by atoms with Gasteiger partial charge in [-0.1, -0.05) is 6.92 Å². The van der Waals surface area contributed by atoms with E-state index < -0.39 is 23.9 Å². The number of ketones is 1. The molecule has 1 aromatic rings. The smallest absolute Gasteiger partial charge is 0.335 e. The summed E-state index contributed by atoms with van der Waals surface area (Å²) in [6, 6.07) is 0. The molecule has 1 aromatic heterocycles. The highest BCUT2D eigenvalue weighted by Gasteiger charge is 2.53. The first-order valence-electron chi connectivity index (χ1n) is 5.59. The van der Waals surface area contributed by atoms with Gasteiger partial charge >= 0.3 is 6.18 Å². The number of aromatic nitrogens is 2. The van der Waals surface area contributed by atoms with Crippen molar-refractivity contribution in [3.8, 4) is 0 Å². The second kappa shape index (κ2) is 5.09. The van der Waals surface area contributed by atoms with Crippen LogP contribution in [0.5, 0.6) is 0 Å². The van der Waals surface area contributed by atoms with Crippen molar-refractivity contribution in [1.82, 2.24) is 9.55 Å². The predicted octanol–water partition coefficient (Wildman–Crippen LogP) is 1.68. The quantitative estimate of drug-likeness (QED) is 0.879. The Kier molecular flexibility index (Phi) is 4.16. The van der Waals surface area contributed by atoms with Crippen molar-refractivity contribution in [3.05, 3.63) is 18.2 Å². The minimum absolute atomic E-state index is 0.308. The molecule has 0 saturated carbocycles. The van der Waals surface area contributed by atoms with Gasteiger partial charge in [-0.2, -0.15) is 13.2 Å². The maximum atomic E-state index is 12.6. The predicted molar refractivity (Wildman–Crippen MR) is 59.9 cm³/mol. The first-order chi connectivity index (χ1) is 8.20. The van der Waals surface area contributed by atoms with Gasteiger partial charge in [-0.15, -0.1) is 0 Å². The average Bonchev–Trinajstić information content (AvgIpc) is 2.64. The maximum absolute atomic E-state index is 12.6. The molecule has 0 saturated heterocycles. The fraction of sp³-hybridized carbons (Fsp3) is 0.636. The van der Waals surface area contributed by atoms with Gasteiger partial charge in [-0.05, 0) is 13.3 Å². The number of imidazole rings is 1. The Hall–Kier alpha value is -1.37. The van der Waals surface area contributed by atoms with Gasteiger partial charge < -0.3 is 10.3 Å². The van der Waals surface area contributed by atoms with E-state index in [2.05, 4.69) is 4.98 Å². The van der Waals surface area contributed by atoms with Crippen LogP contribution >= 0.6 is 0 Å². The van der Waals surface area contributed by atoms with Crippen LogP contribution in [0.2, 0.25) is 0 Å². The van der Waals surface area contributed by atoms with Gasteiger partial charge in [0.1, 0.15) is 5.82 Å². The van der Waals surface area contributed by atoms with Crippen molar-refractivity contribution in [2.24, 2.45) is 5.73 Å². The van der Waals surface area contributed by atoms with Crippen LogP contribution < -0.4 is 5.73 Å². The molecule has 4 nitrogen and oxygen atoms in total. The van der Waals surface area contributed by atoms with Gasteiger partial charge in [-0.25, -0.2) is 4.98 Å². The van der Waals surface area contributed by atoms with Gasteiger partial charge in [0.25, 0.3) is 0 Å². The minimum atomic E-state index is -4.76. The van der Waals surface area contributed by atoms with E-state index >= 15 is 0 Å². The molecule has 102 valence electrons. The lowest BCUT2D eigenvalue weighted by Gasteiger charge is -2.25. The van der Waals surface area contributed by atoms with Crippen molar-refractivity contribution >= 4 is 5.78 Å². The average molecular weight is 263 g/mol. The second-order valence-corrected chi connectivity index (χ2v) is 4.34. The number of Topliss-reactive ketones (excluding diaryl/α,β-unsaturated/α-hetero) is 1. The number of carbonyl (C=O) groups is 1. The van der Waals surface area contributed by atoms with Gasteiger partial charge in [0, 0.05) is 18.9 Å². The molecule has 1 atom stereocenters. The van der Waals surface area contributed by atoms with E-state index in [1.54, 1.807) is 10.8 Å². The van der Waals surface area contributed by atoms with Crippen molar-refractivity contribution < 1.29 is 18.0 Å². The number of aryl methyl sites for hydroxylation is 1. The summed E-state index contributed by atoms with van der Waals surface area (Å²) in [7, 11) is 0. The van der Waals surface area contributed by atoms with Crippen LogP contribution in [0.4, 0.5) is 13.2 Å². The van der Waals surface area contributed by atoms with Crippen molar-refractivity contribution in [1.29, 1.82) is 0 Å². The van der Waals surface area contributed by atoms with E-state index in [1.165, 1.54) is 6.20 Å². The third kappa shape index (κ3) is 2.90. The first-order valence-corrected chi connectivity index (χ1v) is 5.59. The number of carbonyl (C=O) groups excluding carboxylic acids is 1. The Balaban J connectivity index is 2.85. The SMILES string of the molecule is CCCn1ccnc1CC(=O)C(C)(N)C(F)(F)F. The lowest BCUT2D eigenvalue weighted by Crippen LogP contribution is -2.57. The normalized spacial score (nSPS) is 15.4. The number of alkyl halides is 3. The summed E-state index contributed by atoms with van der Waals surface area (Å²) in [6.07, 6.45) is -1.28. The molecule has 0 aliphatic carbocycles. The van der Waals surface area contributed by atoms with Crippen LogP contribution in [-0.4, -0.2) is 27.0 Å². The van der Waals surface area contributed by atoms with Crippen LogP contribution in [-0.2, 0) is 17.8 Å². The summed E-state index contributed by atoms with van der Waals surface area (Å²) < 4.78 is 39.4. The molecular formula is C11H16F3N3O. The van der Waals surface area contributed by atoms with E-state index in [0.717, 1.165) is 6.42 Å². The topological polar surface area (TPSA) is 60.9 Å². The molecule has 0 spiro atoms. The van der Waals surface area contributed by atoms with Gasteiger partial charge in [0.15, 0.2) is 11.3 Å². The summed E-state index contributed by atoms with van der Waals surface area (Å²) in [5.41, 5.74) is 2.23. The Bertz CT molecular complexity index is 423. The third-order valence-corrected chi connectivity index (χ3v) is 2.75. The Morgan fingerprint density at radius 2 is 2.11 bits per heavy atom. The molecule has 0 fully saturated rings. The van der Waals surface area contributed by atoms with Crippen molar-refractivity contribution in [2.45, 2.75) is 44.9 Å². The van der Waals surface area contributed by atoms with Crippen molar-refractivity contribution in [2.75, 3.05) is 0 Å². The first kappa shape index (κ1) is 14.7. The molecule has 0 radical (unpaired) electrons. The Labute approximate surface area is 103 Å². The zero-order chi connectivity index (χ0) is 14.0. The fourth-order valence-electron chi connectivity index (χ4n) is 1.44. The van der Waals surface area contributed by atoms with Crippen LogP contribution in [0, 0.1) is 0 Å². The number of nitrogens with zero attached hydrogens (tertiary/aromatic N) is 2. The van der Waals surface area contributed by atoms with Gasteiger partial charge in [-0.3, -0.25) is 4.79 Å². The number of halogens is 3. The Morgan fingerprint density at radius 3 is 2.61 bits per heavy atom. The minimum Gasteiger partial charge on any atom is -0.335 e. The molecule has 0 bridgehead atoms. The van der Waals surface area contributed by atoms with E-state index in [0.29, 0.717) is 19.3 Å². The Morgan fingerprint density at radius 1 is 1.50 bits per heavy atom. The van der Waals surface area contributed by atoms with Crippen LogP contribution in [0.1, 0.15) is 26.1 Å². The summed E-state index contributed by atoms with van der Waals surface area (Å²) in [5.74, 6) is -0.777. The fourth-order valence-corrected chi connectivity index (χ4v) is 1.44. The van der Waals surface area contributed by atoms with Crippen molar-refractivity contribution in [3.63, 3.8) is 0 Å². The second-order valence-electron chi connectivity index (χ2n) is 4.34. The molecule has 0 aliphatic rings. The molecule has 1 rings (SSSR count). The summed E-state index contributed by atoms with van der Waals surface area (Å²) in [4.78, 5) is 15.5. The summed E-state index contributed by atoms with van der Waals surface area (Å²) in [6.45, 7) is 3.21. The number of hydrogen-bond donors (Lipinski definition) is 1. The number of nitrogens with two attached hydrogens (primary N) is 1. The molecule has 1 unspecified atom stereocenters. The molecule has 2 N–H and O–H groups in total. The summed E-state index contributed by atoms with van der Waals surface area (Å²) >= 11 is 0.